The fraction of sp³-hybridized carbons (Fsp3) is 0.441. The highest BCUT2D eigenvalue weighted by Gasteiger charge is 2.51. The molecule has 0 radical (unpaired) electrons. The summed E-state index contributed by atoms with van der Waals surface area (Å²) < 4.78 is 58.2. The van der Waals surface area contributed by atoms with Crippen molar-refractivity contribution in [2.75, 3.05) is 44.4 Å². The van der Waals surface area contributed by atoms with Crippen LogP contribution >= 0.6 is 0 Å². The number of terminal acetylenes is 1. The van der Waals surface area contributed by atoms with E-state index in [2.05, 4.69) is 25.7 Å². The summed E-state index contributed by atoms with van der Waals surface area (Å²) in [5.41, 5.74) is -0.672. The number of aromatic nitrogens is 3. The van der Waals surface area contributed by atoms with Gasteiger partial charge in [0.2, 0.25) is 0 Å². The number of nitrogens with zero attached hydrogens (tertiary/aromatic N) is 5. The molecule has 2 atom stereocenters. The maximum absolute atomic E-state index is 16.8. The van der Waals surface area contributed by atoms with Gasteiger partial charge in [-0.25, -0.2) is 13.2 Å². The molecule has 0 amide bonds. The highest BCUT2D eigenvalue weighted by atomic mass is 19.1. The van der Waals surface area contributed by atoms with E-state index in [0.717, 1.165) is 38.6 Å². The number of pyridine rings is 1. The lowest BCUT2D eigenvalue weighted by molar-refractivity contribution is 0.107. The fourth-order valence-electron chi connectivity index (χ4n) is 7.77. The first kappa shape index (κ1) is 28.3. The Morgan fingerprint density at radius 2 is 1.98 bits per heavy atom. The quantitative estimate of drug-likeness (QED) is 0.294. The first-order chi connectivity index (χ1) is 21.8. The summed E-state index contributed by atoms with van der Waals surface area (Å²) in [6.45, 7) is 3.05. The van der Waals surface area contributed by atoms with Crippen LogP contribution in [-0.4, -0.2) is 81.7 Å². The number of aromatic hydroxyl groups is 1. The van der Waals surface area contributed by atoms with Crippen LogP contribution in [-0.2, 0) is 4.74 Å². The van der Waals surface area contributed by atoms with E-state index in [4.69, 9.17) is 20.9 Å². The van der Waals surface area contributed by atoms with Crippen LogP contribution in [0.3, 0.4) is 0 Å². The average molecular weight is 616 g/mol. The van der Waals surface area contributed by atoms with Gasteiger partial charge in [-0.3, -0.25) is 9.88 Å². The Labute approximate surface area is 258 Å². The third-order valence-corrected chi connectivity index (χ3v) is 10.2. The lowest BCUT2D eigenvalue weighted by Gasteiger charge is -2.32. The molecule has 3 aliphatic heterocycles. The van der Waals surface area contributed by atoms with E-state index in [-0.39, 0.29) is 51.6 Å². The molecular formula is C34H32F3N5O3. The van der Waals surface area contributed by atoms with Crippen molar-refractivity contribution in [2.45, 2.75) is 55.8 Å². The molecule has 0 bridgehead atoms. The lowest BCUT2D eigenvalue weighted by atomic mass is 9.95. The summed E-state index contributed by atoms with van der Waals surface area (Å²) in [6.07, 6.45) is 11.1. The second-order valence-corrected chi connectivity index (χ2v) is 12.8. The highest BCUT2D eigenvalue weighted by molar-refractivity contribution is 6.03. The summed E-state index contributed by atoms with van der Waals surface area (Å²) in [4.78, 5) is 18.2. The maximum atomic E-state index is 16.8. The van der Waals surface area contributed by atoms with Gasteiger partial charge in [0.15, 0.2) is 5.82 Å². The standard InChI is InChI=1S/C34H32F3N5O3/c1-2-23-26(36)5-4-20-14-22(43)15-24(27(20)23)29-28(37)30-25(17-38-29)31(42-11-13-44-12-9-33(42)7-8-33)40-32(39-30)45-19-34-6-3-10-41(34)18-21(35)16-34/h1,4-5,14-15,17,21,43H,3,6-13,16,18-19H2/t21-,34+/m1/s1. The molecule has 8 nitrogen and oxygen atoms in total. The van der Waals surface area contributed by atoms with Crippen molar-refractivity contribution in [3.8, 4) is 35.4 Å². The summed E-state index contributed by atoms with van der Waals surface area (Å²) in [5.74, 6) is 1.31. The van der Waals surface area contributed by atoms with Crippen LogP contribution in [0.1, 0.15) is 44.1 Å². The molecule has 0 unspecified atom stereocenters. The summed E-state index contributed by atoms with van der Waals surface area (Å²) >= 11 is 0. The summed E-state index contributed by atoms with van der Waals surface area (Å²) in [6, 6.07) is 5.46. The number of phenols is 1. The van der Waals surface area contributed by atoms with Crippen LogP contribution in [0.4, 0.5) is 19.0 Å². The number of hydrogen-bond acceptors (Lipinski definition) is 8. The Hall–Kier alpha value is -4.14. The number of fused-ring (bicyclic) bond motifs is 3. The van der Waals surface area contributed by atoms with Gasteiger partial charge in [-0.1, -0.05) is 12.0 Å². The zero-order chi connectivity index (χ0) is 30.9. The summed E-state index contributed by atoms with van der Waals surface area (Å²) in [5, 5.41) is 11.6. The van der Waals surface area contributed by atoms with E-state index >= 15 is 4.39 Å². The molecule has 3 saturated heterocycles. The van der Waals surface area contributed by atoms with Gasteiger partial charge in [0.05, 0.1) is 23.1 Å². The molecule has 2 aromatic heterocycles. The first-order valence-corrected chi connectivity index (χ1v) is 15.5. The predicted octanol–water partition coefficient (Wildman–Crippen LogP) is 5.52. The number of halogens is 3. The number of hydrogen-bond donors (Lipinski definition) is 1. The van der Waals surface area contributed by atoms with Gasteiger partial charge in [-0.05, 0) is 62.2 Å². The minimum absolute atomic E-state index is 0.00539. The molecule has 4 aromatic rings. The number of anilines is 1. The Kier molecular flexibility index (Phi) is 6.59. The van der Waals surface area contributed by atoms with Crippen molar-refractivity contribution in [1.29, 1.82) is 0 Å². The van der Waals surface area contributed by atoms with Gasteiger partial charge in [-0.2, -0.15) is 9.97 Å². The number of phenolic OH excluding ortho intramolecular Hbond substituents is 1. The number of ether oxygens (including phenoxy) is 2. The van der Waals surface area contributed by atoms with Crippen molar-refractivity contribution in [3.05, 3.63) is 47.7 Å². The van der Waals surface area contributed by atoms with Crippen LogP contribution in [0.25, 0.3) is 32.9 Å². The van der Waals surface area contributed by atoms with E-state index in [1.54, 1.807) is 0 Å². The topological polar surface area (TPSA) is 83.8 Å². The maximum Gasteiger partial charge on any atom is 0.319 e. The van der Waals surface area contributed by atoms with Crippen molar-refractivity contribution in [1.82, 2.24) is 19.9 Å². The highest BCUT2D eigenvalue weighted by Crippen LogP contribution is 2.49. The minimum atomic E-state index is -0.922. The smallest absolute Gasteiger partial charge is 0.319 e. The molecule has 1 spiro atoms. The number of benzene rings is 2. The van der Waals surface area contributed by atoms with Crippen LogP contribution in [0.2, 0.25) is 0 Å². The van der Waals surface area contributed by atoms with Crippen LogP contribution in [0.15, 0.2) is 30.5 Å². The monoisotopic (exact) mass is 615 g/mol. The largest absolute Gasteiger partial charge is 0.508 e. The van der Waals surface area contributed by atoms with E-state index < -0.39 is 23.3 Å². The molecule has 4 fully saturated rings. The van der Waals surface area contributed by atoms with E-state index in [1.165, 1.54) is 30.5 Å². The molecule has 8 rings (SSSR count). The lowest BCUT2D eigenvalue weighted by Crippen LogP contribution is -2.43. The molecule has 2 aromatic carbocycles. The second-order valence-electron chi connectivity index (χ2n) is 12.8. The Morgan fingerprint density at radius 3 is 2.80 bits per heavy atom. The zero-order valence-corrected chi connectivity index (χ0v) is 24.7. The van der Waals surface area contributed by atoms with Gasteiger partial charge >= 0.3 is 6.01 Å². The van der Waals surface area contributed by atoms with Gasteiger partial charge < -0.3 is 19.5 Å². The molecular weight excluding hydrogens is 583 g/mol. The van der Waals surface area contributed by atoms with Crippen molar-refractivity contribution >= 4 is 27.5 Å². The predicted molar refractivity (Wildman–Crippen MR) is 163 cm³/mol. The SMILES string of the molecule is C#Cc1c(F)ccc2cc(O)cc(-c3ncc4c(N5CCOCCC56CC6)nc(OC[C@@]56CCCN5C[C@H](F)C6)nc4c3F)c12. The van der Waals surface area contributed by atoms with Crippen molar-refractivity contribution in [2.24, 2.45) is 0 Å². The first-order valence-electron chi connectivity index (χ1n) is 15.5. The zero-order valence-electron chi connectivity index (χ0n) is 24.7. The minimum Gasteiger partial charge on any atom is -0.508 e. The Bertz CT molecular complexity index is 1890. The van der Waals surface area contributed by atoms with Gasteiger partial charge in [0.25, 0.3) is 0 Å². The van der Waals surface area contributed by atoms with Gasteiger partial charge in [0, 0.05) is 48.8 Å². The molecule has 1 aliphatic carbocycles. The number of rotatable bonds is 5. The molecule has 11 heteroatoms. The van der Waals surface area contributed by atoms with Crippen molar-refractivity contribution in [3.63, 3.8) is 0 Å². The third-order valence-electron chi connectivity index (χ3n) is 10.2. The fourth-order valence-corrected chi connectivity index (χ4v) is 7.77. The van der Waals surface area contributed by atoms with Crippen molar-refractivity contribution < 1.29 is 27.8 Å². The Morgan fingerprint density at radius 1 is 1.11 bits per heavy atom. The van der Waals surface area contributed by atoms with Crippen LogP contribution < -0.4 is 9.64 Å². The van der Waals surface area contributed by atoms with E-state index in [9.17, 15) is 13.9 Å². The molecule has 45 heavy (non-hydrogen) atoms. The van der Waals surface area contributed by atoms with Crippen LogP contribution in [0.5, 0.6) is 11.8 Å². The van der Waals surface area contributed by atoms with Crippen LogP contribution in [0, 0.1) is 24.0 Å². The molecule has 5 heterocycles. The van der Waals surface area contributed by atoms with Gasteiger partial charge in [0.1, 0.15) is 41.4 Å². The molecule has 1 saturated carbocycles. The summed E-state index contributed by atoms with van der Waals surface area (Å²) in [7, 11) is 0. The molecule has 232 valence electrons. The Balaban J connectivity index is 1.30. The van der Waals surface area contributed by atoms with E-state index in [0.29, 0.717) is 49.3 Å². The average Bonchev–Trinajstić information content (AvgIpc) is 3.67. The third kappa shape index (κ3) is 4.57. The number of alkyl halides is 1. The molecule has 1 N–H and O–H groups in total. The van der Waals surface area contributed by atoms with E-state index in [1.807, 2.05) is 0 Å². The van der Waals surface area contributed by atoms with Gasteiger partial charge in [-0.15, -0.1) is 6.42 Å². The molecule has 4 aliphatic rings. The normalized spacial score (nSPS) is 24.2. The second kappa shape index (κ2) is 10.5.